The molecule has 2 aromatic rings. The molecule has 1 aliphatic carbocycles. The Bertz CT molecular complexity index is 1080. The van der Waals surface area contributed by atoms with Crippen molar-refractivity contribution in [2.45, 2.75) is 57.2 Å². The molecule has 1 spiro atoms. The number of para-hydroxylation sites is 2. The molecule has 166 valence electrons. The van der Waals surface area contributed by atoms with Gasteiger partial charge in [-0.2, -0.15) is 0 Å². The summed E-state index contributed by atoms with van der Waals surface area (Å²) in [4.78, 5) is 42.1. The number of hydrogen-bond acceptors (Lipinski definition) is 4. The molecule has 7 heteroatoms. The molecule has 0 bridgehead atoms. The van der Waals surface area contributed by atoms with Crippen molar-refractivity contribution in [3.63, 3.8) is 0 Å². The SMILES string of the molecule is CC(C(=O)Nc1ccccc1CN1CCc2ccccc21)N1C(=O)NC2(CCCC2)C1=O. The number of carbonyl (C=O) groups is 3. The Kier molecular flexibility index (Phi) is 5.12. The quantitative estimate of drug-likeness (QED) is 0.709. The summed E-state index contributed by atoms with van der Waals surface area (Å²) in [7, 11) is 0. The molecule has 5 rings (SSSR count). The second-order valence-corrected chi connectivity index (χ2v) is 9.02. The number of rotatable bonds is 5. The molecule has 4 amide bonds. The predicted molar refractivity (Wildman–Crippen MR) is 122 cm³/mol. The van der Waals surface area contributed by atoms with Crippen LogP contribution in [-0.4, -0.2) is 40.9 Å². The summed E-state index contributed by atoms with van der Waals surface area (Å²) >= 11 is 0. The lowest BCUT2D eigenvalue weighted by atomic mass is 9.97. The highest BCUT2D eigenvalue weighted by atomic mass is 16.2. The minimum atomic E-state index is -0.886. The van der Waals surface area contributed by atoms with Crippen LogP contribution in [0.3, 0.4) is 0 Å². The molecule has 0 aromatic heterocycles. The molecule has 2 aromatic carbocycles. The Hall–Kier alpha value is -3.35. The van der Waals surface area contributed by atoms with E-state index in [2.05, 4.69) is 33.7 Å². The zero-order valence-electron chi connectivity index (χ0n) is 18.3. The van der Waals surface area contributed by atoms with Crippen LogP contribution >= 0.6 is 0 Å². The molecule has 2 fully saturated rings. The summed E-state index contributed by atoms with van der Waals surface area (Å²) in [6, 6.07) is 14.7. The van der Waals surface area contributed by atoms with Crippen LogP contribution in [0.1, 0.15) is 43.7 Å². The molecule has 1 saturated carbocycles. The normalized spacial score (nSPS) is 19.9. The van der Waals surface area contributed by atoms with Crippen LogP contribution in [0.2, 0.25) is 0 Å². The highest BCUT2D eigenvalue weighted by Crippen LogP contribution is 2.36. The van der Waals surface area contributed by atoms with Crippen molar-refractivity contribution in [3.8, 4) is 0 Å². The molecular formula is C25H28N4O3. The molecule has 2 N–H and O–H groups in total. The molecule has 7 nitrogen and oxygen atoms in total. The van der Waals surface area contributed by atoms with Gasteiger partial charge >= 0.3 is 6.03 Å². The van der Waals surface area contributed by atoms with Crippen molar-refractivity contribution in [1.82, 2.24) is 10.2 Å². The summed E-state index contributed by atoms with van der Waals surface area (Å²) in [5.41, 5.74) is 3.45. The second kappa shape index (κ2) is 7.97. The van der Waals surface area contributed by atoms with E-state index in [1.54, 1.807) is 6.92 Å². The van der Waals surface area contributed by atoms with E-state index >= 15 is 0 Å². The van der Waals surface area contributed by atoms with Crippen molar-refractivity contribution in [2.75, 3.05) is 16.8 Å². The average Bonchev–Trinajstić information content (AvgIpc) is 3.48. The molecule has 2 heterocycles. The van der Waals surface area contributed by atoms with E-state index < -0.39 is 17.6 Å². The van der Waals surface area contributed by atoms with Crippen LogP contribution < -0.4 is 15.5 Å². The lowest BCUT2D eigenvalue weighted by Gasteiger charge is -2.25. The van der Waals surface area contributed by atoms with Crippen LogP contribution in [-0.2, 0) is 22.6 Å². The van der Waals surface area contributed by atoms with Gasteiger partial charge in [0.05, 0.1) is 0 Å². The fraction of sp³-hybridized carbons (Fsp3) is 0.400. The van der Waals surface area contributed by atoms with Gasteiger partial charge < -0.3 is 15.5 Å². The third-order valence-corrected chi connectivity index (χ3v) is 7.04. The van der Waals surface area contributed by atoms with E-state index in [9.17, 15) is 14.4 Å². The Morgan fingerprint density at radius 2 is 1.81 bits per heavy atom. The van der Waals surface area contributed by atoms with Gasteiger partial charge in [0.15, 0.2) is 0 Å². The summed E-state index contributed by atoms with van der Waals surface area (Å²) in [5.74, 6) is -0.637. The molecule has 1 atom stereocenters. The van der Waals surface area contributed by atoms with Crippen LogP contribution in [0, 0.1) is 0 Å². The van der Waals surface area contributed by atoms with Gasteiger partial charge in [0.25, 0.3) is 5.91 Å². The maximum Gasteiger partial charge on any atom is 0.325 e. The zero-order valence-corrected chi connectivity index (χ0v) is 18.3. The summed E-state index contributed by atoms with van der Waals surface area (Å²) in [6.07, 6.45) is 4.11. The number of imide groups is 1. The second-order valence-electron chi connectivity index (χ2n) is 9.02. The van der Waals surface area contributed by atoms with Gasteiger partial charge in [-0.3, -0.25) is 9.59 Å². The first-order valence-electron chi connectivity index (χ1n) is 11.4. The summed E-state index contributed by atoms with van der Waals surface area (Å²) < 4.78 is 0. The third-order valence-electron chi connectivity index (χ3n) is 7.04. The summed E-state index contributed by atoms with van der Waals surface area (Å²) in [5, 5.41) is 5.81. The molecule has 0 radical (unpaired) electrons. The van der Waals surface area contributed by atoms with Crippen molar-refractivity contribution in [3.05, 3.63) is 59.7 Å². The van der Waals surface area contributed by atoms with E-state index in [0.717, 1.165) is 36.3 Å². The van der Waals surface area contributed by atoms with Crippen molar-refractivity contribution >= 4 is 29.2 Å². The van der Waals surface area contributed by atoms with Gasteiger partial charge in [0.1, 0.15) is 11.6 Å². The Morgan fingerprint density at radius 1 is 1.09 bits per heavy atom. The van der Waals surface area contributed by atoms with Crippen molar-refractivity contribution in [1.29, 1.82) is 0 Å². The van der Waals surface area contributed by atoms with Gasteiger partial charge in [-0.25, -0.2) is 9.69 Å². The van der Waals surface area contributed by atoms with E-state index in [0.29, 0.717) is 25.1 Å². The average molecular weight is 433 g/mol. The number of nitrogens with zero attached hydrogens (tertiary/aromatic N) is 2. The number of hydrogen-bond donors (Lipinski definition) is 2. The standard InChI is InChI=1S/C25H28N4O3/c1-17(29-23(31)25(27-24(29)32)13-6-7-14-25)22(30)26-20-10-4-2-9-19(20)16-28-15-12-18-8-3-5-11-21(18)28/h2-5,8-11,17H,6-7,12-16H2,1H3,(H,26,30)(H,27,32). The van der Waals surface area contributed by atoms with E-state index in [-0.39, 0.29) is 11.8 Å². The van der Waals surface area contributed by atoms with Crippen molar-refractivity contribution < 1.29 is 14.4 Å². The lowest BCUT2D eigenvalue weighted by Crippen LogP contribution is -2.48. The van der Waals surface area contributed by atoms with Crippen LogP contribution in [0.15, 0.2) is 48.5 Å². The van der Waals surface area contributed by atoms with Gasteiger partial charge in [-0.05, 0) is 49.4 Å². The van der Waals surface area contributed by atoms with Crippen LogP contribution in [0.5, 0.6) is 0 Å². The van der Waals surface area contributed by atoms with E-state index in [1.807, 2.05) is 30.3 Å². The Morgan fingerprint density at radius 3 is 2.62 bits per heavy atom. The minimum absolute atomic E-state index is 0.274. The maximum absolute atomic E-state index is 13.1. The number of benzene rings is 2. The molecule has 1 unspecified atom stereocenters. The lowest BCUT2D eigenvalue weighted by molar-refractivity contribution is -0.136. The number of fused-ring (bicyclic) bond motifs is 1. The highest BCUT2D eigenvalue weighted by Gasteiger charge is 2.54. The Labute approximate surface area is 187 Å². The number of nitrogens with one attached hydrogen (secondary N) is 2. The van der Waals surface area contributed by atoms with Crippen molar-refractivity contribution in [2.24, 2.45) is 0 Å². The first kappa shape index (κ1) is 20.5. The monoisotopic (exact) mass is 432 g/mol. The highest BCUT2D eigenvalue weighted by molar-refractivity contribution is 6.11. The largest absolute Gasteiger partial charge is 0.367 e. The van der Waals surface area contributed by atoms with Gasteiger partial charge in [-0.15, -0.1) is 0 Å². The number of carbonyl (C=O) groups excluding carboxylic acids is 3. The fourth-order valence-corrected chi connectivity index (χ4v) is 5.22. The van der Waals surface area contributed by atoms with E-state index in [1.165, 1.54) is 11.3 Å². The van der Waals surface area contributed by atoms with Crippen LogP contribution in [0.4, 0.5) is 16.2 Å². The molecule has 3 aliphatic rings. The summed E-state index contributed by atoms with van der Waals surface area (Å²) in [6.45, 7) is 3.22. The predicted octanol–water partition coefficient (Wildman–Crippen LogP) is 3.44. The zero-order chi connectivity index (χ0) is 22.3. The number of amides is 4. The smallest absolute Gasteiger partial charge is 0.325 e. The molecule has 32 heavy (non-hydrogen) atoms. The number of anilines is 2. The molecule has 1 saturated heterocycles. The van der Waals surface area contributed by atoms with Gasteiger partial charge in [0.2, 0.25) is 5.91 Å². The maximum atomic E-state index is 13.1. The van der Waals surface area contributed by atoms with Gasteiger partial charge in [-0.1, -0.05) is 49.2 Å². The third kappa shape index (κ3) is 3.42. The molecular weight excluding hydrogens is 404 g/mol. The first-order chi connectivity index (χ1) is 15.5. The minimum Gasteiger partial charge on any atom is -0.367 e. The fourth-order valence-electron chi connectivity index (χ4n) is 5.22. The topological polar surface area (TPSA) is 81.8 Å². The number of urea groups is 1. The van der Waals surface area contributed by atoms with Gasteiger partial charge in [0, 0.05) is 24.5 Å². The molecule has 2 aliphatic heterocycles. The van der Waals surface area contributed by atoms with E-state index in [4.69, 9.17) is 0 Å². The van der Waals surface area contributed by atoms with Crippen LogP contribution in [0.25, 0.3) is 0 Å². The first-order valence-corrected chi connectivity index (χ1v) is 11.4. The Balaban J connectivity index is 1.31.